The molecule has 0 aromatic heterocycles. The molecule has 3 rings (SSSR count). The van der Waals surface area contributed by atoms with Crippen molar-refractivity contribution >= 4 is 34.0 Å². The van der Waals surface area contributed by atoms with Gasteiger partial charge in [0.05, 0.1) is 16.2 Å². The first-order chi connectivity index (χ1) is 16.4. The van der Waals surface area contributed by atoms with E-state index in [0.717, 1.165) is 23.9 Å². The van der Waals surface area contributed by atoms with Crippen molar-refractivity contribution in [3.8, 4) is 0 Å². The van der Waals surface area contributed by atoms with Crippen LogP contribution in [-0.2, 0) is 16.0 Å². The van der Waals surface area contributed by atoms with E-state index in [-0.39, 0.29) is 40.5 Å². The van der Waals surface area contributed by atoms with E-state index >= 15 is 0 Å². The highest BCUT2D eigenvalue weighted by atomic mass is 32.2. The highest BCUT2D eigenvalue weighted by Gasteiger charge is 2.54. The van der Waals surface area contributed by atoms with Crippen LogP contribution >= 0.6 is 11.8 Å². The molecule has 1 saturated carbocycles. The minimum Gasteiger partial charge on any atom is -0.503 e. The maximum absolute atomic E-state index is 13.9. The molecular formula is C23H27F2N5O4S. The third-order valence-electron chi connectivity index (χ3n) is 6.35. The SMILES string of the molecule is C/C(=C\N1/C(=C(/O)C=O)C(=O)N(C)C2(CCC(O)C2)N1C)C(=N)SC(=N)Cc1ccc(F)cc1F. The predicted molar refractivity (Wildman–Crippen MR) is 128 cm³/mol. The van der Waals surface area contributed by atoms with Gasteiger partial charge in [-0.25, -0.2) is 8.78 Å². The molecule has 1 aliphatic heterocycles. The maximum atomic E-state index is 13.9. The van der Waals surface area contributed by atoms with E-state index < -0.39 is 35.1 Å². The zero-order chi connectivity index (χ0) is 26.1. The highest BCUT2D eigenvalue weighted by Crippen LogP contribution is 2.43. The topological polar surface area (TPSA) is 132 Å². The summed E-state index contributed by atoms with van der Waals surface area (Å²) in [5, 5.41) is 39.7. The summed E-state index contributed by atoms with van der Waals surface area (Å²) in [6, 6.07) is 3.06. The Kier molecular flexibility index (Phi) is 7.77. The van der Waals surface area contributed by atoms with Crippen molar-refractivity contribution in [3.63, 3.8) is 0 Å². The summed E-state index contributed by atoms with van der Waals surface area (Å²) in [4.78, 5) is 25.9. The Balaban J connectivity index is 1.87. The molecule has 1 aromatic carbocycles. The van der Waals surface area contributed by atoms with Gasteiger partial charge in [-0.15, -0.1) is 0 Å². The van der Waals surface area contributed by atoms with Gasteiger partial charge in [-0.05, 0) is 37.0 Å². The molecule has 9 nitrogen and oxygen atoms in total. The third-order valence-corrected chi connectivity index (χ3v) is 7.26. The van der Waals surface area contributed by atoms with Crippen molar-refractivity contribution in [2.24, 2.45) is 0 Å². The summed E-state index contributed by atoms with van der Waals surface area (Å²) in [5.41, 5.74) is -0.793. The van der Waals surface area contributed by atoms with Gasteiger partial charge in [0.15, 0.2) is 17.7 Å². The van der Waals surface area contributed by atoms with Crippen molar-refractivity contribution in [1.82, 2.24) is 14.9 Å². The van der Waals surface area contributed by atoms with Crippen molar-refractivity contribution in [2.75, 3.05) is 14.1 Å². The van der Waals surface area contributed by atoms with Gasteiger partial charge in [0.1, 0.15) is 17.3 Å². The lowest BCUT2D eigenvalue weighted by atomic mass is 10.0. The first-order valence-corrected chi connectivity index (χ1v) is 11.6. The lowest BCUT2D eigenvalue weighted by Crippen LogP contribution is -2.68. The van der Waals surface area contributed by atoms with Crippen molar-refractivity contribution in [2.45, 2.75) is 44.4 Å². The largest absolute Gasteiger partial charge is 0.503 e. The second kappa shape index (κ2) is 10.3. The van der Waals surface area contributed by atoms with Crippen LogP contribution in [-0.4, -0.2) is 73.3 Å². The first kappa shape index (κ1) is 26.5. The summed E-state index contributed by atoms with van der Waals surface area (Å²) in [5.74, 6) is -2.91. The Morgan fingerprint density at radius 2 is 2.00 bits per heavy atom. The zero-order valence-corrected chi connectivity index (χ0v) is 20.3. The van der Waals surface area contributed by atoms with Crippen LogP contribution in [0.25, 0.3) is 0 Å². The summed E-state index contributed by atoms with van der Waals surface area (Å²) in [6.45, 7) is 1.56. The number of hydrazine groups is 1. The number of amides is 1. The van der Waals surface area contributed by atoms with Gasteiger partial charge in [-0.1, -0.05) is 17.8 Å². The molecule has 1 spiro atoms. The molecule has 2 fully saturated rings. The number of halogens is 2. The highest BCUT2D eigenvalue weighted by molar-refractivity contribution is 8.26. The van der Waals surface area contributed by atoms with E-state index in [1.54, 1.807) is 19.0 Å². The Morgan fingerprint density at radius 3 is 2.57 bits per heavy atom. The molecule has 2 aliphatic rings. The summed E-state index contributed by atoms with van der Waals surface area (Å²) in [7, 11) is 3.19. The molecule has 2 atom stereocenters. The monoisotopic (exact) mass is 507 g/mol. The number of hydrogen-bond acceptors (Lipinski definition) is 9. The van der Waals surface area contributed by atoms with Gasteiger partial charge >= 0.3 is 0 Å². The number of carbonyl (C=O) groups excluding carboxylic acids is 2. The quantitative estimate of drug-likeness (QED) is 0.158. The van der Waals surface area contributed by atoms with Crippen LogP contribution in [0, 0.1) is 22.5 Å². The molecule has 35 heavy (non-hydrogen) atoms. The zero-order valence-electron chi connectivity index (χ0n) is 19.5. The number of thioether (sulfide) groups is 1. The van der Waals surface area contributed by atoms with Crippen LogP contribution < -0.4 is 0 Å². The van der Waals surface area contributed by atoms with E-state index in [4.69, 9.17) is 10.8 Å². The Morgan fingerprint density at radius 1 is 1.31 bits per heavy atom. The van der Waals surface area contributed by atoms with Crippen LogP contribution in [0.1, 0.15) is 31.7 Å². The lowest BCUT2D eigenvalue weighted by molar-refractivity contribution is -0.178. The number of nitrogens with one attached hydrogen (secondary N) is 2. The molecule has 12 heteroatoms. The predicted octanol–water partition coefficient (Wildman–Crippen LogP) is 2.93. The molecular weight excluding hydrogens is 480 g/mol. The first-order valence-electron chi connectivity index (χ1n) is 10.8. The smallest absolute Gasteiger partial charge is 0.277 e. The number of nitrogens with zero attached hydrogens (tertiary/aromatic N) is 3. The van der Waals surface area contributed by atoms with Crippen LogP contribution in [0.15, 0.2) is 41.4 Å². The summed E-state index contributed by atoms with van der Waals surface area (Å²) < 4.78 is 27.0. The van der Waals surface area contributed by atoms with Gasteiger partial charge < -0.3 is 15.1 Å². The molecule has 2 unspecified atom stereocenters. The molecule has 1 aromatic rings. The second-order valence-corrected chi connectivity index (χ2v) is 9.65. The minimum absolute atomic E-state index is 0.0574. The number of carbonyl (C=O) groups is 2. The fraction of sp³-hybridized carbons (Fsp3) is 0.391. The van der Waals surface area contributed by atoms with Gasteiger partial charge in [0.25, 0.3) is 5.91 Å². The number of rotatable bonds is 5. The van der Waals surface area contributed by atoms with E-state index in [2.05, 4.69) is 0 Å². The normalized spacial score (nSPS) is 24.8. The van der Waals surface area contributed by atoms with E-state index in [9.17, 15) is 28.6 Å². The minimum atomic E-state index is -0.901. The van der Waals surface area contributed by atoms with Gasteiger partial charge in [-0.2, -0.15) is 5.01 Å². The number of aliphatic hydroxyl groups is 2. The van der Waals surface area contributed by atoms with Gasteiger partial charge in [0.2, 0.25) is 0 Å². The summed E-state index contributed by atoms with van der Waals surface area (Å²) >= 11 is 0.755. The van der Waals surface area contributed by atoms with Crippen LogP contribution in [0.3, 0.4) is 0 Å². The third kappa shape index (κ3) is 5.14. The maximum Gasteiger partial charge on any atom is 0.277 e. The Hall–Kier alpha value is -3.09. The number of likely N-dealkylation sites (N-methyl/N-ethyl adjacent to an activating group) is 1. The molecule has 4 N–H and O–H groups in total. The standard InChI is InChI=1S/C23H27F2N5O4S/c1-13(21(27)35-19(26)8-14-4-5-15(24)9-17(14)25)11-30-20(18(33)12-31)22(34)28(2)23(29(30)3)7-6-16(32)10-23/h4-5,9,11-12,16,26-27,32-33H,6-8,10H2,1-3H3/b13-11+,20-18+,26-19?,27-21?. The molecule has 1 heterocycles. The van der Waals surface area contributed by atoms with Crippen LogP contribution in [0.5, 0.6) is 0 Å². The fourth-order valence-electron chi connectivity index (χ4n) is 4.35. The van der Waals surface area contributed by atoms with Crippen molar-refractivity contribution < 1.29 is 28.6 Å². The van der Waals surface area contributed by atoms with Gasteiger partial charge in [-0.3, -0.25) is 25.4 Å². The fourth-order valence-corrected chi connectivity index (χ4v) is 5.03. The number of aldehydes is 1. The van der Waals surface area contributed by atoms with Crippen LogP contribution in [0.2, 0.25) is 0 Å². The van der Waals surface area contributed by atoms with E-state index in [0.29, 0.717) is 18.4 Å². The Labute approximate surface area is 205 Å². The number of hydrogen-bond donors (Lipinski definition) is 4. The molecule has 0 bridgehead atoms. The van der Waals surface area contributed by atoms with E-state index in [1.807, 2.05) is 0 Å². The second-order valence-electron chi connectivity index (χ2n) is 8.54. The van der Waals surface area contributed by atoms with Gasteiger partial charge in [0, 0.05) is 39.2 Å². The number of benzene rings is 1. The molecule has 188 valence electrons. The number of allylic oxidation sites excluding steroid dienone is 1. The Bertz CT molecular complexity index is 1140. The lowest BCUT2D eigenvalue weighted by Gasteiger charge is -2.54. The van der Waals surface area contributed by atoms with E-state index in [1.165, 1.54) is 29.2 Å². The molecule has 1 saturated heterocycles. The molecule has 1 aliphatic carbocycles. The average Bonchev–Trinajstić information content (AvgIpc) is 3.20. The van der Waals surface area contributed by atoms with Crippen molar-refractivity contribution in [3.05, 3.63) is 58.6 Å². The molecule has 0 radical (unpaired) electrons. The summed E-state index contributed by atoms with van der Waals surface area (Å²) in [6.07, 6.45) is 1.94. The average molecular weight is 508 g/mol. The van der Waals surface area contributed by atoms with Crippen molar-refractivity contribution in [1.29, 1.82) is 10.8 Å². The number of aliphatic hydroxyl groups excluding tert-OH is 2. The van der Waals surface area contributed by atoms with Crippen LogP contribution in [0.4, 0.5) is 8.78 Å². The molecule has 1 amide bonds.